The summed E-state index contributed by atoms with van der Waals surface area (Å²) in [5.41, 5.74) is 0.0706. The number of pyridine rings is 1. The normalized spacial score (nSPS) is 24.1. The van der Waals surface area contributed by atoms with Crippen LogP contribution in [-0.4, -0.2) is 21.9 Å². The molecule has 1 saturated carbocycles. The van der Waals surface area contributed by atoms with E-state index < -0.39 is 10.3 Å². The van der Waals surface area contributed by atoms with Crippen molar-refractivity contribution in [3.8, 4) is 0 Å². The highest BCUT2D eigenvalue weighted by Gasteiger charge is 2.70. The van der Waals surface area contributed by atoms with E-state index in [-0.39, 0.29) is 17.9 Å². The Hall–Kier alpha value is -0.800. The van der Waals surface area contributed by atoms with Crippen LogP contribution in [0.15, 0.2) is 24.4 Å². The molecule has 1 aliphatic carbocycles. The van der Waals surface area contributed by atoms with Gasteiger partial charge in [-0.1, -0.05) is 19.9 Å². The molecule has 0 N–H and O–H groups in total. The molecule has 0 aromatic carbocycles. The molecule has 0 bridgehead atoms. The van der Waals surface area contributed by atoms with Crippen molar-refractivity contribution >= 4 is 29.2 Å². The summed E-state index contributed by atoms with van der Waals surface area (Å²) in [5, 5.41) is 0. The fraction of sp³-hybridized carbons (Fsp3) is 0.500. The maximum atomic E-state index is 11.6. The average molecular weight is 274 g/mol. The van der Waals surface area contributed by atoms with E-state index in [0.29, 0.717) is 5.69 Å². The lowest BCUT2D eigenvalue weighted by molar-refractivity contribution is 0.0466. The van der Waals surface area contributed by atoms with Crippen LogP contribution in [-0.2, 0) is 4.74 Å². The van der Waals surface area contributed by atoms with E-state index in [1.165, 1.54) is 0 Å². The number of carbonyl (C=O) groups is 1. The van der Waals surface area contributed by atoms with E-state index in [9.17, 15) is 4.79 Å². The van der Waals surface area contributed by atoms with Crippen LogP contribution >= 0.6 is 23.2 Å². The van der Waals surface area contributed by atoms with Gasteiger partial charge in [-0.25, -0.2) is 9.78 Å². The van der Waals surface area contributed by atoms with Crippen LogP contribution in [0.4, 0.5) is 0 Å². The van der Waals surface area contributed by atoms with Crippen molar-refractivity contribution in [2.24, 2.45) is 11.3 Å². The van der Waals surface area contributed by atoms with Crippen LogP contribution in [0, 0.1) is 11.3 Å². The number of aromatic nitrogens is 1. The lowest BCUT2D eigenvalue weighted by Crippen LogP contribution is -2.11. The summed E-state index contributed by atoms with van der Waals surface area (Å²) in [4.78, 5) is 15.5. The highest BCUT2D eigenvalue weighted by atomic mass is 35.5. The third-order valence-electron chi connectivity index (χ3n) is 3.34. The lowest BCUT2D eigenvalue weighted by atomic mass is 10.1. The van der Waals surface area contributed by atoms with E-state index in [4.69, 9.17) is 27.9 Å². The van der Waals surface area contributed by atoms with Gasteiger partial charge in [0.2, 0.25) is 0 Å². The molecule has 0 aliphatic heterocycles. The predicted molar refractivity (Wildman–Crippen MR) is 66.2 cm³/mol. The second-order valence-corrected chi connectivity index (χ2v) is 6.10. The van der Waals surface area contributed by atoms with Gasteiger partial charge in [0.05, 0.1) is 6.61 Å². The second kappa shape index (κ2) is 4.14. The van der Waals surface area contributed by atoms with Gasteiger partial charge in [0.25, 0.3) is 0 Å². The van der Waals surface area contributed by atoms with Crippen LogP contribution in [0.25, 0.3) is 0 Å². The maximum absolute atomic E-state index is 11.6. The molecule has 1 fully saturated rings. The Bertz CT molecular complexity index is 417. The van der Waals surface area contributed by atoms with Crippen molar-refractivity contribution in [2.45, 2.75) is 18.2 Å². The van der Waals surface area contributed by atoms with Crippen molar-refractivity contribution in [2.75, 3.05) is 6.61 Å². The summed E-state index contributed by atoms with van der Waals surface area (Å²) in [5.74, 6) is -0.483. The van der Waals surface area contributed by atoms with E-state index in [1.54, 1.807) is 24.4 Å². The van der Waals surface area contributed by atoms with E-state index >= 15 is 0 Å². The molecule has 1 heterocycles. The second-order valence-electron chi connectivity index (χ2n) is 4.71. The molecule has 5 heteroatoms. The summed E-state index contributed by atoms with van der Waals surface area (Å²) in [7, 11) is 0. The number of esters is 1. The van der Waals surface area contributed by atoms with Gasteiger partial charge in [-0.2, -0.15) is 0 Å². The number of carbonyl (C=O) groups excluding carboxylic acids is 1. The molecule has 0 radical (unpaired) electrons. The summed E-state index contributed by atoms with van der Waals surface area (Å²) in [6.07, 6.45) is 1.55. The van der Waals surface area contributed by atoms with E-state index in [1.807, 2.05) is 13.8 Å². The number of nitrogens with zero attached hydrogens (tertiary/aromatic N) is 1. The lowest BCUT2D eigenvalue weighted by Gasteiger charge is -2.04. The summed E-state index contributed by atoms with van der Waals surface area (Å²) in [6, 6.07) is 5.08. The molecule has 0 amide bonds. The standard InChI is InChI=1S/C12H13Cl2NO2/c1-11(2)9(12(11,13)14)7-17-10(16)8-5-3-4-6-15-8/h3-6,9H,7H2,1-2H3. The Morgan fingerprint density at radius 1 is 1.47 bits per heavy atom. The molecular formula is C12H13Cl2NO2. The van der Waals surface area contributed by atoms with Crippen molar-refractivity contribution < 1.29 is 9.53 Å². The van der Waals surface area contributed by atoms with Crippen molar-refractivity contribution in [1.29, 1.82) is 0 Å². The van der Waals surface area contributed by atoms with Gasteiger partial charge >= 0.3 is 5.97 Å². The van der Waals surface area contributed by atoms with Gasteiger partial charge in [0.1, 0.15) is 10.0 Å². The van der Waals surface area contributed by atoms with Gasteiger partial charge in [-0.15, -0.1) is 23.2 Å². The van der Waals surface area contributed by atoms with Gasteiger partial charge in [-0.3, -0.25) is 0 Å². The summed E-state index contributed by atoms with van der Waals surface area (Å²) < 4.78 is 4.34. The quantitative estimate of drug-likeness (QED) is 0.628. The number of hydrogen-bond donors (Lipinski definition) is 0. The number of alkyl halides is 2. The molecule has 1 aromatic rings. The first kappa shape index (κ1) is 12.7. The van der Waals surface area contributed by atoms with E-state index in [0.717, 1.165) is 0 Å². The number of halogens is 2. The fourth-order valence-corrected chi connectivity index (χ4v) is 2.61. The van der Waals surface area contributed by atoms with Gasteiger partial charge in [-0.05, 0) is 12.1 Å². The number of rotatable bonds is 3. The van der Waals surface area contributed by atoms with Gasteiger partial charge in [0.15, 0.2) is 0 Å². The van der Waals surface area contributed by atoms with Crippen LogP contribution in [0.1, 0.15) is 24.3 Å². The maximum Gasteiger partial charge on any atom is 0.356 e. The molecular weight excluding hydrogens is 261 g/mol. The third kappa shape index (κ3) is 2.14. The Morgan fingerprint density at radius 2 is 2.12 bits per heavy atom. The third-order valence-corrected chi connectivity index (χ3v) is 4.84. The molecule has 0 saturated heterocycles. The smallest absolute Gasteiger partial charge is 0.356 e. The summed E-state index contributed by atoms with van der Waals surface area (Å²) in [6.45, 7) is 4.12. The molecule has 0 spiro atoms. The highest BCUT2D eigenvalue weighted by molar-refractivity contribution is 6.51. The first-order valence-electron chi connectivity index (χ1n) is 5.33. The minimum atomic E-state index is -0.808. The molecule has 3 nitrogen and oxygen atoms in total. The zero-order chi connectivity index (χ0) is 12.7. The highest BCUT2D eigenvalue weighted by Crippen LogP contribution is 2.68. The molecule has 1 unspecified atom stereocenters. The fourth-order valence-electron chi connectivity index (χ4n) is 1.79. The Balaban J connectivity index is 1.91. The Kier molecular flexibility index (Phi) is 3.08. The SMILES string of the molecule is CC1(C)C(COC(=O)c2ccccn2)C1(Cl)Cl. The Labute approximate surface area is 110 Å². The van der Waals surface area contributed by atoms with Crippen molar-refractivity contribution in [3.63, 3.8) is 0 Å². The first-order chi connectivity index (χ1) is 7.87. The topological polar surface area (TPSA) is 39.2 Å². The molecule has 17 heavy (non-hydrogen) atoms. The van der Waals surface area contributed by atoms with Crippen LogP contribution in [0.2, 0.25) is 0 Å². The number of hydrogen-bond acceptors (Lipinski definition) is 3. The van der Waals surface area contributed by atoms with Crippen molar-refractivity contribution in [1.82, 2.24) is 4.98 Å². The number of ether oxygens (including phenoxy) is 1. The molecule has 92 valence electrons. The zero-order valence-electron chi connectivity index (χ0n) is 9.61. The molecule has 2 rings (SSSR count). The largest absolute Gasteiger partial charge is 0.461 e. The summed E-state index contributed by atoms with van der Waals surface area (Å²) >= 11 is 12.2. The van der Waals surface area contributed by atoms with Gasteiger partial charge in [0, 0.05) is 17.5 Å². The monoisotopic (exact) mass is 273 g/mol. The first-order valence-corrected chi connectivity index (χ1v) is 6.09. The van der Waals surface area contributed by atoms with Crippen LogP contribution in [0.5, 0.6) is 0 Å². The molecule has 1 aromatic heterocycles. The van der Waals surface area contributed by atoms with Crippen LogP contribution < -0.4 is 0 Å². The van der Waals surface area contributed by atoms with Crippen molar-refractivity contribution in [3.05, 3.63) is 30.1 Å². The predicted octanol–water partition coefficient (Wildman–Crippen LogP) is 3.07. The molecule has 1 aliphatic rings. The minimum absolute atomic E-state index is 0.0361. The van der Waals surface area contributed by atoms with E-state index in [2.05, 4.69) is 4.98 Å². The zero-order valence-corrected chi connectivity index (χ0v) is 11.1. The Morgan fingerprint density at radius 3 is 2.59 bits per heavy atom. The van der Waals surface area contributed by atoms with Gasteiger partial charge < -0.3 is 4.74 Å². The minimum Gasteiger partial charge on any atom is -0.461 e. The van der Waals surface area contributed by atoms with Crippen LogP contribution in [0.3, 0.4) is 0 Å². The average Bonchev–Trinajstić information content (AvgIpc) is 2.68. The molecule has 1 atom stereocenters.